The Morgan fingerprint density at radius 3 is 2.50 bits per heavy atom. The molecule has 0 radical (unpaired) electrons. The zero-order chi connectivity index (χ0) is 10.8. The second-order valence-electron chi connectivity index (χ2n) is 2.98. The third kappa shape index (κ3) is 3.21. The summed E-state index contributed by atoms with van der Waals surface area (Å²) in [5.41, 5.74) is 11.3. The molecule has 1 aromatic heterocycles. The van der Waals surface area contributed by atoms with Crippen molar-refractivity contribution in [2.45, 2.75) is 18.6 Å². The molecule has 0 aliphatic heterocycles. The number of alkyl halides is 3. The molecule has 0 saturated heterocycles. The first kappa shape index (κ1) is 10.8. The van der Waals surface area contributed by atoms with Gasteiger partial charge in [0.05, 0.1) is 12.1 Å². The molecule has 0 aromatic carbocycles. The van der Waals surface area contributed by atoms with E-state index in [4.69, 9.17) is 11.5 Å². The van der Waals surface area contributed by atoms with E-state index in [1.165, 1.54) is 18.5 Å². The van der Waals surface area contributed by atoms with E-state index >= 15 is 0 Å². The molecule has 0 unspecified atom stereocenters. The zero-order valence-electron chi connectivity index (χ0n) is 7.25. The molecule has 0 fully saturated rings. The van der Waals surface area contributed by atoms with Gasteiger partial charge in [0.25, 0.3) is 0 Å². The normalized spacial score (nSPS) is 14.0. The van der Waals surface area contributed by atoms with Gasteiger partial charge in [0.1, 0.15) is 0 Å². The molecule has 0 saturated carbocycles. The summed E-state index contributed by atoms with van der Waals surface area (Å²) in [6, 6.07) is 0.287. The molecule has 6 heteroatoms. The first-order chi connectivity index (χ1) is 6.38. The fourth-order valence-corrected chi connectivity index (χ4v) is 1.05. The van der Waals surface area contributed by atoms with Gasteiger partial charge in [-0.3, -0.25) is 4.98 Å². The highest BCUT2D eigenvalue weighted by Gasteiger charge is 2.30. The van der Waals surface area contributed by atoms with Crippen molar-refractivity contribution in [3.05, 3.63) is 24.0 Å². The highest BCUT2D eigenvalue weighted by atomic mass is 19.4. The van der Waals surface area contributed by atoms with Gasteiger partial charge in [0.15, 0.2) is 0 Å². The van der Waals surface area contributed by atoms with Crippen LogP contribution in [-0.4, -0.2) is 11.2 Å². The second-order valence-corrected chi connectivity index (χ2v) is 2.98. The van der Waals surface area contributed by atoms with Crippen LogP contribution in [0.2, 0.25) is 0 Å². The van der Waals surface area contributed by atoms with E-state index in [1.807, 2.05) is 0 Å². The predicted octanol–water partition coefficient (Wildman–Crippen LogP) is 1.62. The fraction of sp³-hybridized carbons (Fsp3) is 0.375. The fourth-order valence-electron chi connectivity index (χ4n) is 1.05. The molecule has 0 spiro atoms. The Morgan fingerprint density at radius 2 is 2.00 bits per heavy atom. The molecule has 78 valence electrons. The number of nitrogens with zero attached hydrogens (tertiary/aromatic N) is 1. The highest BCUT2D eigenvalue weighted by Crippen LogP contribution is 2.27. The van der Waals surface area contributed by atoms with E-state index < -0.39 is 18.6 Å². The lowest BCUT2D eigenvalue weighted by Gasteiger charge is -2.14. The number of nitrogens with two attached hydrogens (primary N) is 2. The molecule has 0 aliphatic carbocycles. The number of rotatable bonds is 2. The van der Waals surface area contributed by atoms with Crippen LogP contribution in [0.4, 0.5) is 18.9 Å². The van der Waals surface area contributed by atoms with Crippen LogP contribution >= 0.6 is 0 Å². The summed E-state index contributed by atoms with van der Waals surface area (Å²) < 4.78 is 35.9. The lowest BCUT2D eigenvalue weighted by atomic mass is 10.1. The van der Waals surface area contributed by atoms with E-state index in [9.17, 15) is 13.2 Å². The van der Waals surface area contributed by atoms with Crippen molar-refractivity contribution < 1.29 is 13.2 Å². The van der Waals surface area contributed by atoms with E-state index in [-0.39, 0.29) is 0 Å². The third-order valence-electron chi connectivity index (χ3n) is 1.66. The Hall–Kier alpha value is -1.30. The van der Waals surface area contributed by atoms with E-state index in [1.54, 1.807) is 0 Å². The quantitative estimate of drug-likeness (QED) is 0.770. The van der Waals surface area contributed by atoms with Gasteiger partial charge in [0.2, 0.25) is 0 Å². The Morgan fingerprint density at radius 1 is 1.36 bits per heavy atom. The molecule has 4 N–H and O–H groups in total. The number of pyridine rings is 1. The number of hydrogen-bond donors (Lipinski definition) is 2. The van der Waals surface area contributed by atoms with Gasteiger partial charge in [-0.15, -0.1) is 0 Å². The molecule has 0 amide bonds. The van der Waals surface area contributed by atoms with Crippen LogP contribution in [0.1, 0.15) is 18.0 Å². The number of halogens is 3. The predicted molar refractivity (Wildman–Crippen MR) is 46.2 cm³/mol. The lowest BCUT2D eigenvalue weighted by molar-refractivity contribution is -0.138. The minimum atomic E-state index is -4.27. The summed E-state index contributed by atoms with van der Waals surface area (Å²) >= 11 is 0. The standard InChI is InChI=1S/C8H10F3N3/c9-8(10,11)2-7(13)5-1-6(12)4-14-3-5/h1,3-4,7H,2,12-13H2/t7-/m0/s1. The Labute approximate surface area is 78.9 Å². The molecular weight excluding hydrogens is 195 g/mol. The maximum Gasteiger partial charge on any atom is 0.390 e. The van der Waals surface area contributed by atoms with Gasteiger partial charge in [-0.2, -0.15) is 13.2 Å². The Bertz CT molecular complexity index is 311. The van der Waals surface area contributed by atoms with Gasteiger partial charge in [-0.05, 0) is 11.6 Å². The van der Waals surface area contributed by atoms with Gasteiger partial charge in [0, 0.05) is 18.4 Å². The molecule has 3 nitrogen and oxygen atoms in total. The molecule has 1 atom stereocenters. The summed E-state index contributed by atoms with van der Waals surface area (Å²) in [6.45, 7) is 0. The highest BCUT2D eigenvalue weighted by molar-refractivity contribution is 5.38. The monoisotopic (exact) mass is 205 g/mol. The SMILES string of the molecule is Nc1cncc([C@@H](N)CC(F)(F)F)c1. The van der Waals surface area contributed by atoms with E-state index in [0.29, 0.717) is 11.3 Å². The minimum absolute atomic E-state index is 0.294. The number of nitrogen functional groups attached to an aromatic ring is 1. The first-order valence-electron chi connectivity index (χ1n) is 3.91. The molecule has 1 rings (SSSR count). The van der Waals surface area contributed by atoms with Gasteiger partial charge in [-0.1, -0.05) is 0 Å². The smallest absolute Gasteiger partial charge is 0.390 e. The molecule has 1 aromatic rings. The maximum atomic E-state index is 12.0. The first-order valence-corrected chi connectivity index (χ1v) is 3.91. The number of hydrogen-bond acceptors (Lipinski definition) is 3. The van der Waals surface area contributed by atoms with Crippen LogP contribution < -0.4 is 11.5 Å². The van der Waals surface area contributed by atoms with Crippen molar-refractivity contribution in [1.82, 2.24) is 4.98 Å². The molecule has 1 heterocycles. The van der Waals surface area contributed by atoms with Crippen LogP contribution in [0.25, 0.3) is 0 Å². The summed E-state index contributed by atoms with van der Waals surface area (Å²) in [6.07, 6.45) is -2.71. The molecule has 0 bridgehead atoms. The largest absolute Gasteiger partial charge is 0.397 e. The zero-order valence-corrected chi connectivity index (χ0v) is 7.25. The van der Waals surface area contributed by atoms with Crippen LogP contribution in [0, 0.1) is 0 Å². The molecule has 0 aliphatic rings. The average molecular weight is 205 g/mol. The number of aromatic nitrogens is 1. The summed E-state index contributed by atoms with van der Waals surface area (Å²) in [4.78, 5) is 3.66. The van der Waals surface area contributed by atoms with Crippen molar-refractivity contribution in [2.24, 2.45) is 5.73 Å². The summed E-state index contributed by atoms with van der Waals surface area (Å²) in [5, 5.41) is 0. The van der Waals surface area contributed by atoms with Crippen molar-refractivity contribution in [3.63, 3.8) is 0 Å². The van der Waals surface area contributed by atoms with Crippen molar-refractivity contribution in [2.75, 3.05) is 5.73 Å². The van der Waals surface area contributed by atoms with Gasteiger partial charge < -0.3 is 11.5 Å². The summed E-state index contributed by atoms with van der Waals surface area (Å²) in [5.74, 6) is 0. The van der Waals surface area contributed by atoms with Crippen molar-refractivity contribution in [3.8, 4) is 0 Å². The number of anilines is 1. The molecular formula is C8H10F3N3. The van der Waals surface area contributed by atoms with E-state index in [0.717, 1.165) is 0 Å². The maximum absolute atomic E-state index is 12.0. The Balaban J connectivity index is 2.74. The lowest BCUT2D eigenvalue weighted by Crippen LogP contribution is -2.20. The average Bonchev–Trinajstić information content (AvgIpc) is 2.01. The van der Waals surface area contributed by atoms with Crippen LogP contribution in [0.5, 0.6) is 0 Å². The summed E-state index contributed by atoms with van der Waals surface area (Å²) in [7, 11) is 0. The van der Waals surface area contributed by atoms with Crippen LogP contribution in [-0.2, 0) is 0 Å². The van der Waals surface area contributed by atoms with Crippen molar-refractivity contribution >= 4 is 5.69 Å². The Kier molecular flexibility index (Phi) is 2.95. The van der Waals surface area contributed by atoms with Crippen LogP contribution in [0.3, 0.4) is 0 Å². The minimum Gasteiger partial charge on any atom is -0.397 e. The van der Waals surface area contributed by atoms with Crippen LogP contribution in [0.15, 0.2) is 18.5 Å². The van der Waals surface area contributed by atoms with E-state index in [2.05, 4.69) is 4.98 Å². The second kappa shape index (κ2) is 3.83. The van der Waals surface area contributed by atoms with Crippen molar-refractivity contribution in [1.29, 1.82) is 0 Å². The molecule has 14 heavy (non-hydrogen) atoms. The van der Waals surface area contributed by atoms with Gasteiger partial charge in [-0.25, -0.2) is 0 Å². The third-order valence-corrected chi connectivity index (χ3v) is 1.66. The topological polar surface area (TPSA) is 64.9 Å². The van der Waals surface area contributed by atoms with Gasteiger partial charge >= 0.3 is 6.18 Å².